The number of nitrogens with zero attached hydrogens (tertiary/aromatic N) is 1. The van der Waals surface area contributed by atoms with E-state index in [1.165, 1.54) is 12.1 Å². The van der Waals surface area contributed by atoms with Crippen molar-refractivity contribution in [3.8, 4) is 17.0 Å². The van der Waals surface area contributed by atoms with Crippen LogP contribution in [0.2, 0.25) is 0 Å². The van der Waals surface area contributed by atoms with Crippen molar-refractivity contribution in [2.24, 2.45) is 0 Å². The fourth-order valence-corrected chi connectivity index (χ4v) is 1.79. The third-order valence-electron chi connectivity index (χ3n) is 2.65. The lowest BCUT2D eigenvalue weighted by Crippen LogP contribution is -2.35. The summed E-state index contributed by atoms with van der Waals surface area (Å²) >= 11 is 0. The van der Waals surface area contributed by atoms with Crippen LogP contribution in [0.5, 0.6) is 5.88 Å². The first-order chi connectivity index (χ1) is 9.70. The molecule has 0 aliphatic rings. The molecular formula is C12H8F4N2O3. The number of alkyl halides is 3. The predicted octanol–water partition coefficient (Wildman–Crippen LogP) is 1.61. The smallest absolute Gasteiger partial charge is 0.406 e. The fourth-order valence-electron chi connectivity index (χ4n) is 1.79. The number of aromatic amines is 1. The van der Waals surface area contributed by atoms with Crippen molar-refractivity contribution >= 4 is 0 Å². The number of benzene rings is 1. The van der Waals surface area contributed by atoms with Crippen LogP contribution >= 0.6 is 0 Å². The van der Waals surface area contributed by atoms with Crippen LogP contribution in [-0.2, 0) is 6.54 Å². The van der Waals surface area contributed by atoms with Crippen LogP contribution in [0.1, 0.15) is 0 Å². The summed E-state index contributed by atoms with van der Waals surface area (Å²) in [4.78, 5) is 24.6. The topological polar surface area (TPSA) is 75.1 Å². The monoisotopic (exact) mass is 304 g/mol. The van der Waals surface area contributed by atoms with Crippen LogP contribution in [0, 0.1) is 5.82 Å². The number of hydrogen-bond donors (Lipinski definition) is 2. The molecule has 1 aromatic carbocycles. The van der Waals surface area contributed by atoms with Crippen LogP contribution < -0.4 is 11.2 Å². The van der Waals surface area contributed by atoms with Crippen LogP contribution in [0.15, 0.2) is 33.9 Å². The molecule has 112 valence electrons. The number of nitrogens with one attached hydrogen (secondary N) is 1. The van der Waals surface area contributed by atoms with Crippen molar-refractivity contribution in [2.45, 2.75) is 12.7 Å². The van der Waals surface area contributed by atoms with E-state index in [1.54, 1.807) is 4.98 Å². The molecule has 9 heteroatoms. The van der Waals surface area contributed by atoms with Crippen molar-refractivity contribution in [3.05, 3.63) is 50.9 Å². The molecule has 0 aliphatic carbocycles. The molecule has 0 amide bonds. The van der Waals surface area contributed by atoms with Gasteiger partial charge in [-0.1, -0.05) is 18.2 Å². The van der Waals surface area contributed by atoms with E-state index in [0.717, 1.165) is 12.1 Å². The number of aromatic nitrogens is 2. The molecule has 2 aromatic rings. The number of halogens is 4. The molecule has 0 bridgehead atoms. The van der Waals surface area contributed by atoms with Gasteiger partial charge < -0.3 is 5.11 Å². The van der Waals surface area contributed by atoms with E-state index in [-0.39, 0.29) is 4.57 Å². The van der Waals surface area contributed by atoms with Crippen molar-refractivity contribution in [2.75, 3.05) is 0 Å². The number of rotatable bonds is 2. The minimum Gasteiger partial charge on any atom is -0.494 e. The molecule has 1 heterocycles. The zero-order valence-electron chi connectivity index (χ0n) is 10.2. The SMILES string of the molecule is O=c1[nH]c(=O)n(CC(F)(F)F)c(O)c1-c1ccccc1F. The third-order valence-corrected chi connectivity index (χ3v) is 2.65. The number of hydrogen-bond acceptors (Lipinski definition) is 3. The Morgan fingerprint density at radius 3 is 2.38 bits per heavy atom. The van der Waals surface area contributed by atoms with E-state index >= 15 is 0 Å². The van der Waals surface area contributed by atoms with Crippen molar-refractivity contribution in [1.29, 1.82) is 0 Å². The lowest BCUT2D eigenvalue weighted by molar-refractivity contribution is -0.142. The maximum atomic E-state index is 13.6. The van der Waals surface area contributed by atoms with Crippen LogP contribution in [-0.4, -0.2) is 20.8 Å². The second-order valence-corrected chi connectivity index (χ2v) is 4.14. The first-order valence-corrected chi connectivity index (χ1v) is 5.58. The Morgan fingerprint density at radius 1 is 1.19 bits per heavy atom. The van der Waals surface area contributed by atoms with Gasteiger partial charge in [0.25, 0.3) is 5.56 Å². The Hall–Kier alpha value is -2.58. The van der Waals surface area contributed by atoms with Gasteiger partial charge in [0.2, 0.25) is 5.88 Å². The highest BCUT2D eigenvalue weighted by Crippen LogP contribution is 2.28. The van der Waals surface area contributed by atoms with Gasteiger partial charge in [0.05, 0.1) is 0 Å². The molecular weight excluding hydrogens is 296 g/mol. The van der Waals surface area contributed by atoms with Crippen LogP contribution in [0.25, 0.3) is 11.1 Å². The predicted molar refractivity (Wildman–Crippen MR) is 64.4 cm³/mol. The summed E-state index contributed by atoms with van der Waals surface area (Å²) in [5.74, 6) is -2.17. The molecule has 0 spiro atoms. The molecule has 0 saturated carbocycles. The molecule has 0 radical (unpaired) electrons. The van der Waals surface area contributed by atoms with E-state index in [1.807, 2.05) is 0 Å². The van der Waals surface area contributed by atoms with Gasteiger partial charge in [-0.05, 0) is 6.07 Å². The highest BCUT2D eigenvalue weighted by atomic mass is 19.4. The number of aromatic hydroxyl groups is 1. The standard InChI is InChI=1S/C12H8F4N2O3/c13-7-4-2-1-3-6(7)8-9(19)17-11(21)18(10(8)20)5-12(14,15)16/h1-4,20H,5H2,(H,17,19,21). The zero-order chi connectivity index (χ0) is 15.8. The molecule has 0 atom stereocenters. The van der Waals surface area contributed by atoms with Gasteiger partial charge in [-0.2, -0.15) is 13.2 Å². The molecule has 0 aliphatic heterocycles. The minimum absolute atomic E-state index is 0.0802. The zero-order valence-corrected chi connectivity index (χ0v) is 10.2. The van der Waals surface area contributed by atoms with Gasteiger partial charge in [-0.15, -0.1) is 0 Å². The molecule has 0 saturated heterocycles. The molecule has 0 fully saturated rings. The third kappa shape index (κ3) is 2.96. The fraction of sp³-hybridized carbons (Fsp3) is 0.167. The maximum absolute atomic E-state index is 13.6. The molecule has 21 heavy (non-hydrogen) atoms. The highest BCUT2D eigenvalue weighted by Gasteiger charge is 2.31. The molecule has 2 N–H and O–H groups in total. The summed E-state index contributed by atoms with van der Waals surface area (Å²) in [5.41, 5.74) is -3.76. The number of H-pyrrole nitrogens is 1. The van der Waals surface area contributed by atoms with E-state index in [0.29, 0.717) is 0 Å². The second kappa shape index (κ2) is 5.08. The maximum Gasteiger partial charge on any atom is 0.406 e. The average Bonchev–Trinajstić information content (AvgIpc) is 2.35. The van der Waals surface area contributed by atoms with Gasteiger partial charge in [0.1, 0.15) is 17.9 Å². The molecule has 0 unspecified atom stereocenters. The van der Waals surface area contributed by atoms with Crippen LogP contribution in [0.4, 0.5) is 17.6 Å². The summed E-state index contributed by atoms with van der Waals surface area (Å²) in [6.07, 6.45) is -4.80. The molecule has 2 rings (SSSR count). The first kappa shape index (κ1) is 14.8. The quantitative estimate of drug-likeness (QED) is 0.828. The Morgan fingerprint density at radius 2 is 1.81 bits per heavy atom. The Labute approximate surface area is 114 Å². The normalized spacial score (nSPS) is 11.6. The molecule has 1 aromatic heterocycles. The minimum atomic E-state index is -4.80. The van der Waals surface area contributed by atoms with Crippen molar-refractivity contribution in [3.63, 3.8) is 0 Å². The van der Waals surface area contributed by atoms with Crippen LogP contribution in [0.3, 0.4) is 0 Å². The van der Waals surface area contributed by atoms with Crippen molar-refractivity contribution in [1.82, 2.24) is 9.55 Å². The van der Waals surface area contributed by atoms with Gasteiger partial charge in [0.15, 0.2) is 0 Å². The summed E-state index contributed by atoms with van der Waals surface area (Å²) in [7, 11) is 0. The lowest BCUT2D eigenvalue weighted by Gasteiger charge is -2.13. The Kier molecular flexibility index (Phi) is 3.58. The summed E-state index contributed by atoms with van der Waals surface area (Å²) in [6, 6.07) is 4.70. The largest absolute Gasteiger partial charge is 0.494 e. The van der Waals surface area contributed by atoms with E-state index < -0.39 is 46.8 Å². The summed E-state index contributed by atoms with van der Waals surface area (Å²) in [6.45, 7) is -1.81. The Bertz CT molecular complexity index is 792. The summed E-state index contributed by atoms with van der Waals surface area (Å²) in [5, 5.41) is 9.77. The van der Waals surface area contributed by atoms with Gasteiger partial charge in [0, 0.05) is 5.56 Å². The second-order valence-electron chi connectivity index (χ2n) is 4.14. The lowest BCUT2D eigenvalue weighted by atomic mass is 10.1. The molecule has 5 nitrogen and oxygen atoms in total. The van der Waals surface area contributed by atoms with E-state index in [9.17, 15) is 32.3 Å². The Balaban J connectivity index is 2.74. The van der Waals surface area contributed by atoms with E-state index in [4.69, 9.17) is 0 Å². The van der Waals surface area contributed by atoms with Crippen molar-refractivity contribution < 1.29 is 22.7 Å². The highest BCUT2D eigenvalue weighted by molar-refractivity contribution is 5.67. The average molecular weight is 304 g/mol. The van der Waals surface area contributed by atoms with Gasteiger partial charge >= 0.3 is 11.9 Å². The first-order valence-electron chi connectivity index (χ1n) is 5.58. The van der Waals surface area contributed by atoms with Gasteiger partial charge in [-0.25, -0.2) is 9.18 Å². The summed E-state index contributed by atoms with van der Waals surface area (Å²) < 4.78 is 50.7. The van der Waals surface area contributed by atoms with Gasteiger partial charge in [-0.3, -0.25) is 14.3 Å². The van der Waals surface area contributed by atoms with E-state index in [2.05, 4.69) is 0 Å².